The number of rotatable bonds is 9. The molecule has 0 aliphatic carbocycles. The van der Waals surface area contributed by atoms with Gasteiger partial charge in [-0.15, -0.1) is 24.0 Å². The minimum Gasteiger partial charge on any atom is -0.497 e. The molecule has 0 radical (unpaired) electrons. The van der Waals surface area contributed by atoms with Gasteiger partial charge >= 0.3 is 0 Å². The monoisotopic (exact) mass is 530 g/mol. The van der Waals surface area contributed by atoms with Crippen molar-refractivity contribution in [3.63, 3.8) is 0 Å². The minimum atomic E-state index is -0.0429. The Kier molecular flexibility index (Phi) is 9.79. The second kappa shape index (κ2) is 12.1. The first kappa shape index (κ1) is 24.4. The molecule has 0 bridgehead atoms. The molecule has 4 N–H and O–H groups in total. The summed E-state index contributed by atoms with van der Waals surface area (Å²) < 4.78 is 10.7. The average Bonchev–Trinajstić information content (AvgIpc) is 3.41. The highest BCUT2D eigenvalue weighted by atomic mass is 127. The Bertz CT molecular complexity index is 790. The molecule has 1 aliphatic rings. The number of nitrogens with zero attached hydrogens (tertiary/aromatic N) is 3. The highest BCUT2D eigenvalue weighted by Crippen LogP contribution is 2.31. The van der Waals surface area contributed by atoms with Crippen molar-refractivity contribution in [2.75, 3.05) is 40.0 Å². The average molecular weight is 530 g/mol. The molecule has 30 heavy (non-hydrogen) atoms. The van der Waals surface area contributed by atoms with Gasteiger partial charge in [0.25, 0.3) is 0 Å². The minimum absolute atomic E-state index is 0. The number of aromatic amines is 1. The number of H-pyrrole nitrogens is 1. The molecule has 166 valence electrons. The number of guanidine groups is 1. The van der Waals surface area contributed by atoms with E-state index in [0.29, 0.717) is 43.7 Å². The molecule has 0 saturated carbocycles. The maximum Gasteiger partial charge on any atom is 0.191 e. The van der Waals surface area contributed by atoms with Crippen molar-refractivity contribution in [3.05, 3.63) is 30.1 Å². The van der Waals surface area contributed by atoms with Gasteiger partial charge in [-0.05, 0) is 44.0 Å². The molecule has 3 rings (SSSR count). The zero-order valence-electron chi connectivity index (χ0n) is 17.5. The molecule has 9 nitrogen and oxygen atoms in total. The highest BCUT2D eigenvalue weighted by Gasteiger charge is 2.34. The van der Waals surface area contributed by atoms with Crippen LogP contribution >= 0.6 is 24.0 Å². The van der Waals surface area contributed by atoms with E-state index in [1.54, 1.807) is 7.11 Å². The number of hydrogen-bond acceptors (Lipinski definition) is 6. The molecular weight excluding hydrogens is 499 g/mol. The number of halogens is 1. The van der Waals surface area contributed by atoms with Gasteiger partial charge in [0.15, 0.2) is 11.8 Å². The highest BCUT2D eigenvalue weighted by molar-refractivity contribution is 14.0. The molecule has 0 amide bonds. The van der Waals surface area contributed by atoms with Crippen molar-refractivity contribution in [2.24, 2.45) is 10.4 Å². The van der Waals surface area contributed by atoms with E-state index in [0.717, 1.165) is 30.9 Å². The third-order valence-electron chi connectivity index (χ3n) is 5.07. The van der Waals surface area contributed by atoms with Gasteiger partial charge in [0.05, 0.1) is 13.7 Å². The van der Waals surface area contributed by atoms with Crippen LogP contribution in [0.25, 0.3) is 11.4 Å². The van der Waals surface area contributed by atoms with Crippen molar-refractivity contribution in [1.29, 1.82) is 0 Å². The zero-order valence-corrected chi connectivity index (χ0v) is 19.8. The molecule has 1 saturated heterocycles. The number of aliphatic hydroxyl groups is 1. The molecule has 1 aromatic carbocycles. The summed E-state index contributed by atoms with van der Waals surface area (Å²) in [6, 6.07) is 7.60. The van der Waals surface area contributed by atoms with Crippen LogP contribution in [0.1, 0.15) is 25.6 Å². The second-order valence-electron chi connectivity index (χ2n) is 7.16. The summed E-state index contributed by atoms with van der Waals surface area (Å²) in [5.74, 6) is 2.81. The van der Waals surface area contributed by atoms with Crippen LogP contribution in [0.5, 0.6) is 5.75 Å². The number of aliphatic hydroxyl groups excluding tert-OH is 1. The Balaban J connectivity index is 0.00000320. The number of methoxy groups -OCH3 is 1. The number of hydrogen-bond donors (Lipinski definition) is 4. The van der Waals surface area contributed by atoms with Crippen LogP contribution in [0.4, 0.5) is 0 Å². The summed E-state index contributed by atoms with van der Waals surface area (Å²) in [5.41, 5.74) is 0.869. The standard InChI is InChI=1S/C20H30N6O3.HI/c1-3-21-19(23-13-20(8-10-27)9-11-29-14-20)22-12-17-24-18(26-25-17)15-4-6-16(28-2)7-5-15;/h4-7,27H,3,8-14H2,1-2H3,(H2,21,22,23)(H,24,25,26);1H. The number of aliphatic imine (C=N–C) groups is 1. The van der Waals surface area contributed by atoms with Crippen molar-refractivity contribution in [3.8, 4) is 17.1 Å². The molecule has 2 heterocycles. The van der Waals surface area contributed by atoms with E-state index in [-0.39, 0.29) is 36.0 Å². The summed E-state index contributed by atoms with van der Waals surface area (Å²) in [6.45, 7) is 5.41. The fourth-order valence-electron chi connectivity index (χ4n) is 3.31. The third kappa shape index (κ3) is 6.54. The predicted octanol–water partition coefficient (Wildman–Crippen LogP) is 1.94. The summed E-state index contributed by atoms with van der Waals surface area (Å²) in [5, 5.41) is 23.2. The van der Waals surface area contributed by atoms with Crippen LogP contribution in [-0.4, -0.2) is 66.3 Å². The van der Waals surface area contributed by atoms with Crippen LogP contribution in [0.15, 0.2) is 29.3 Å². The van der Waals surface area contributed by atoms with E-state index < -0.39 is 0 Å². The number of benzene rings is 1. The Morgan fingerprint density at radius 1 is 1.33 bits per heavy atom. The van der Waals surface area contributed by atoms with Crippen LogP contribution in [-0.2, 0) is 11.3 Å². The molecule has 0 spiro atoms. The van der Waals surface area contributed by atoms with Gasteiger partial charge in [0, 0.05) is 37.3 Å². The Morgan fingerprint density at radius 3 is 2.77 bits per heavy atom. The molecule has 1 fully saturated rings. The van der Waals surface area contributed by atoms with Crippen LogP contribution < -0.4 is 15.4 Å². The van der Waals surface area contributed by atoms with Gasteiger partial charge in [-0.25, -0.2) is 9.98 Å². The normalized spacial score (nSPS) is 18.7. The van der Waals surface area contributed by atoms with Crippen LogP contribution in [0, 0.1) is 5.41 Å². The first-order chi connectivity index (χ1) is 14.2. The van der Waals surface area contributed by atoms with Gasteiger partial charge in [-0.3, -0.25) is 5.10 Å². The van der Waals surface area contributed by atoms with Gasteiger partial charge < -0.3 is 25.2 Å². The van der Waals surface area contributed by atoms with E-state index in [9.17, 15) is 5.11 Å². The number of aromatic nitrogens is 3. The third-order valence-corrected chi connectivity index (χ3v) is 5.07. The summed E-state index contributed by atoms with van der Waals surface area (Å²) in [4.78, 5) is 9.13. The maximum absolute atomic E-state index is 9.38. The molecule has 1 aromatic heterocycles. The summed E-state index contributed by atoms with van der Waals surface area (Å²) >= 11 is 0. The predicted molar refractivity (Wildman–Crippen MR) is 126 cm³/mol. The maximum atomic E-state index is 9.38. The first-order valence-electron chi connectivity index (χ1n) is 9.94. The number of nitrogens with one attached hydrogen (secondary N) is 3. The van der Waals surface area contributed by atoms with Gasteiger partial charge in [0.2, 0.25) is 0 Å². The van der Waals surface area contributed by atoms with E-state index in [1.807, 2.05) is 31.2 Å². The lowest BCUT2D eigenvalue weighted by molar-refractivity contribution is 0.127. The summed E-state index contributed by atoms with van der Waals surface area (Å²) in [7, 11) is 1.64. The van der Waals surface area contributed by atoms with Crippen molar-refractivity contribution >= 4 is 29.9 Å². The molecule has 2 aromatic rings. The van der Waals surface area contributed by atoms with Gasteiger partial charge in [-0.1, -0.05) is 0 Å². The SMILES string of the molecule is CCNC(=NCc1nc(-c2ccc(OC)cc2)n[nH]1)NCC1(CCO)CCOC1.I. The topological polar surface area (TPSA) is 117 Å². The molecular formula is C20H31IN6O3. The Labute approximate surface area is 194 Å². The Hall–Kier alpha value is -1.92. The lowest BCUT2D eigenvalue weighted by Crippen LogP contribution is -2.44. The van der Waals surface area contributed by atoms with Crippen LogP contribution in [0.2, 0.25) is 0 Å². The summed E-state index contributed by atoms with van der Waals surface area (Å²) in [6.07, 6.45) is 1.65. The van der Waals surface area contributed by atoms with Gasteiger partial charge in [0.1, 0.15) is 18.1 Å². The molecule has 1 unspecified atom stereocenters. The lowest BCUT2D eigenvalue weighted by atomic mass is 9.84. The van der Waals surface area contributed by atoms with E-state index in [1.165, 1.54) is 0 Å². The number of ether oxygens (including phenoxy) is 2. The van der Waals surface area contributed by atoms with Crippen molar-refractivity contribution in [2.45, 2.75) is 26.3 Å². The fraction of sp³-hybridized carbons (Fsp3) is 0.550. The smallest absolute Gasteiger partial charge is 0.191 e. The van der Waals surface area contributed by atoms with Crippen molar-refractivity contribution in [1.82, 2.24) is 25.8 Å². The van der Waals surface area contributed by atoms with Gasteiger partial charge in [-0.2, -0.15) is 5.10 Å². The van der Waals surface area contributed by atoms with E-state index >= 15 is 0 Å². The molecule has 1 aliphatic heterocycles. The zero-order chi connectivity index (χ0) is 20.5. The largest absolute Gasteiger partial charge is 0.497 e. The van der Waals surface area contributed by atoms with E-state index in [4.69, 9.17) is 9.47 Å². The van der Waals surface area contributed by atoms with Crippen LogP contribution in [0.3, 0.4) is 0 Å². The molecule has 1 atom stereocenters. The Morgan fingerprint density at radius 2 is 2.13 bits per heavy atom. The lowest BCUT2D eigenvalue weighted by Gasteiger charge is -2.27. The quantitative estimate of drug-likeness (QED) is 0.223. The van der Waals surface area contributed by atoms with Crippen molar-refractivity contribution < 1.29 is 14.6 Å². The molecule has 10 heteroatoms. The first-order valence-corrected chi connectivity index (χ1v) is 9.94. The fourth-order valence-corrected chi connectivity index (χ4v) is 3.31. The second-order valence-corrected chi connectivity index (χ2v) is 7.16. The van der Waals surface area contributed by atoms with E-state index in [2.05, 4.69) is 30.8 Å².